The number of nitrogens with zero attached hydrogens (tertiary/aromatic N) is 2. The number of esters is 1. The Kier molecular flexibility index (Phi) is 3.70. The lowest BCUT2D eigenvalue weighted by atomic mass is 10.3. The quantitative estimate of drug-likeness (QED) is 0.846. The van der Waals surface area contributed by atoms with Gasteiger partial charge < -0.3 is 15.2 Å². The Morgan fingerprint density at radius 1 is 1.42 bits per heavy atom. The van der Waals surface area contributed by atoms with Crippen molar-refractivity contribution in [2.75, 3.05) is 19.5 Å². The van der Waals surface area contributed by atoms with Gasteiger partial charge in [-0.1, -0.05) is 12.1 Å². The summed E-state index contributed by atoms with van der Waals surface area (Å²) in [5.74, 6) is 0.461. The van der Waals surface area contributed by atoms with Crippen LogP contribution in [0.3, 0.4) is 0 Å². The zero-order chi connectivity index (χ0) is 13.8. The van der Waals surface area contributed by atoms with Crippen molar-refractivity contribution in [2.24, 2.45) is 0 Å². The minimum absolute atomic E-state index is 0.172. The van der Waals surface area contributed by atoms with E-state index in [1.54, 1.807) is 26.2 Å². The SMILES string of the molecule is CCOC(=O)c1cc(N)n(-c2ccccc2OC)n1. The number of methoxy groups -OCH3 is 1. The van der Waals surface area contributed by atoms with Crippen molar-refractivity contribution in [1.29, 1.82) is 0 Å². The van der Waals surface area contributed by atoms with Gasteiger partial charge in [0.05, 0.1) is 13.7 Å². The first-order chi connectivity index (χ1) is 9.17. The Morgan fingerprint density at radius 2 is 2.16 bits per heavy atom. The molecule has 1 aromatic carbocycles. The molecule has 2 aromatic rings. The largest absolute Gasteiger partial charge is 0.494 e. The third-order valence-electron chi connectivity index (χ3n) is 2.53. The Bertz CT molecular complexity index is 593. The third kappa shape index (κ3) is 2.52. The van der Waals surface area contributed by atoms with Crippen LogP contribution in [-0.2, 0) is 4.74 Å². The lowest BCUT2D eigenvalue weighted by Crippen LogP contribution is -2.07. The number of anilines is 1. The molecule has 0 amide bonds. The van der Waals surface area contributed by atoms with Crippen LogP contribution in [0.15, 0.2) is 30.3 Å². The molecule has 19 heavy (non-hydrogen) atoms. The molecule has 0 spiro atoms. The zero-order valence-corrected chi connectivity index (χ0v) is 10.8. The molecule has 1 heterocycles. The van der Waals surface area contributed by atoms with E-state index in [1.807, 2.05) is 12.1 Å². The van der Waals surface area contributed by atoms with Crippen LogP contribution in [-0.4, -0.2) is 29.5 Å². The number of rotatable bonds is 4. The highest BCUT2D eigenvalue weighted by molar-refractivity contribution is 5.88. The highest BCUT2D eigenvalue weighted by Crippen LogP contribution is 2.24. The van der Waals surface area contributed by atoms with Crippen molar-refractivity contribution in [1.82, 2.24) is 9.78 Å². The molecule has 0 fully saturated rings. The number of hydrogen-bond donors (Lipinski definition) is 1. The maximum atomic E-state index is 11.6. The minimum atomic E-state index is -0.497. The molecule has 0 atom stereocenters. The molecule has 2 rings (SSSR count). The lowest BCUT2D eigenvalue weighted by Gasteiger charge is -2.08. The van der Waals surface area contributed by atoms with E-state index in [-0.39, 0.29) is 5.69 Å². The van der Waals surface area contributed by atoms with Crippen LogP contribution >= 0.6 is 0 Å². The van der Waals surface area contributed by atoms with Gasteiger partial charge in [0, 0.05) is 6.07 Å². The van der Waals surface area contributed by atoms with E-state index < -0.39 is 5.97 Å². The zero-order valence-electron chi connectivity index (χ0n) is 10.8. The maximum absolute atomic E-state index is 11.6. The lowest BCUT2D eigenvalue weighted by molar-refractivity contribution is 0.0519. The number of aromatic nitrogens is 2. The number of para-hydroxylation sites is 2. The monoisotopic (exact) mass is 261 g/mol. The normalized spacial score (nSPS) is 10.2. The number of benzene rings is 1. The third-order valence-corrected chi connectivity index (χ3v) is 2.53. The fraction of sp³-hybridized carbons (Fsp3) is 0.231. The summed E-state index contributed by atoms with van der Waals surface area (Å²) >= 11 is 0. The van der Waals surface area contributed by atoms with Gasteiger partial charge in [0.15, 0.2) is 5.69 Å². The second kappa shape index (κ2) is 5.43. The average Bonchev–Trinajstić information content (AvgIpc) is 2.81. The first-order valence-corrected chi connectivity index (χ1v) is 5.83. The van der Waals surface area contributed by atoms with E-state index in [4.69, 9.17) is 15.2 Å². The Labute approximate surface area is 110 Å². The predicted octanol–water partition coefficient (Wildman–Crippen LogP) is 1.64. The van der Waals surface area contributed by atoms with Gasteiger partial charge in [-0.15, -0.1) is 0 Å². The van der Waals surface area contributed by atoms with Gasteiger partial charge in [-0.3, -0.25) is 0 Å². The maximum Gasteiger partial charge on any atom is 0.358 e. The molecule has 0 aliphatic rings. The Hall–Kier alpha value is -2.50. The van der Waals surface area contributed by atoms with Gasteiger partial charge >= 0.3 is 5.97 Å². The van der Waals surface area contributed by atoms with E-state index in [9.17, 15) is 4.79 Å². The van der Waals surface area contributed by atoms with Crippen molar-refractivity contribution >= 4 is 11.8 Å². The summed E-state index contributed by atoms with van der Waals surface area (Å²) in [5.41, 5.74) is 6.70. The molecule has 6 heteroatoms. The van der Waals surface area contributed by atoms with Crippen molar-refractivity contribution in [3.63, 3.8) is 0 Å². The predicted molar refractivity (Wildman–Crippen MR) is 70.5 cm³/mol. The van der Waals surface area contributed by atoms with Gasteiger partial charge in [0.1, 0.15) is 17.3 Å². The number of nitrogens with two attached hydrogens (primary N) is 1. The highest BCUT2D eigenvalue weighted by Gasteiger charge is 2.16. The fourth-order valence-electron chi connectivity index (χ4n) is 1.70. The van der Waals surface area contributed by atoms with E-state index in [0.717, 1.165) is 0 Å². The van der Waals surface area contributed by atoms with E-state index in [1.165, 1.54) is 10.7 Å². The first-order valence-electron chi connectivity index (χ1n) is 5.83. The van der Waals surface area contributed by atoms with Crippen LogP contribution < -0.4 is 10.5 Å². The second-order valence-electron chi connectivity index (χ2n) is 3.76. The number of hydrogen-bond acceptors (Lipinski definition) is 5. The summed E-state index contributed by atoms with van der Waals surface area (Å²) in [5, 5.41) is 4.14. The minimum Gasteiger partial charge on any atom is -0.494 e. The van der Waals surface area contributed by atoms with E-state index in [2.05, 4.69) is 5.10 Å². The second-order valence-corrected chi connectivity index (χ2v) is 3.76. The van der Waals surface area contributed by atoms with Crippen molar-refractivity contribution in [3.8, 4) is 11.4 Å². The molecular formula is C13H15N3O3. The first kappa shape index (κ1) is 12.9. The highest BCUT2D eigenvalue weighted by atomic mass is 16.5. The summed E-state index contributed by atoms with van der Waals surface area (Å²) in [4.78, 5) is 11.6. The molecule has 0 aliphatic carbocycles. The molecule has 0 radical (unpaired) electrons. The fourth-order valence-corrected chi connectivity index (χ4v) is 1.70. The van der Waals surface area contributed by atoms with Gasteiger partial charge in [-0.25, -0.2) is 9.48 Å². The number of carbonyl (C=O) groups is 1. The van der Waals surface area contributed by atoms with Crippen LogP contribution in [0.5, 0.6) is 5.75 Å². The molecular weight excluding hydrogens is 246 g/mol. The number of carbonyl (C=O) groups excluding carboxylic acids is 1. The smallest absolute Gasteiger partial charge is 0.358 e. The summed E-state index contributed by atoms with van der Waals surface area (Å²) < 4.78 is 11.6. The van der Waals surface area contributed by atoms with Crippen molar-refractivity contribution in [3.05, 3.63) is 36.0 Å². The van der Waals surface area contributed by atoms with Crippen molar-refractivity contribution < 1.29 is 14.3 Å². The van der Waals surface area contributed by atoms with Gasteiger partial charge in [-0.05, 0) is 19.1 Å². The molecule has 6 nitrogen and oxygen atoms in total. The summed E-state index contributed by atoms with van der Waals surface area (Å²) in [6.45, 7) is 2.03. The van der Waals surface area contributed by atoms with Crippen molar-refractivity contribution in [2.45, 2.75) is 6.92 Å². The van der Waals surface area contributed by atoms with Gasteiger partial charge in [0.25, 0.3) is 0 Å². The van der Waals surface area contributed by atoms with Crippen LogP contribution in [0.1, 0.15) is 17.4 Å². The van der Waals surface area contributed by atoms with Gasteiger partial charge in [-0.2, -0.15) is 5.10 Å². The molecule has 0 saturated heterocycles. The molecule has 1 aromatic heterocycles. The number of nitrogen functional groups attached to an aromatic ring is 1. The standard InChI is InChI=1S/C13H15N3O3/c1-3-19-13(17)9-8-12(14)16(15-9)10-6-4-5-7-11(10)18-2/h4-8H,3,14H2,1-2H3. The Morgan fingerprint density at radius 3 is 2.84 bits per heavy atom. The molecule has 0 aliphatic heterocycles. The number of ether oxygens (including phenoxy) is 2. The summed E-state index contributed by atoms with van der Waals surface area (Å²) in [6.07, 6.45) is 0. The van der Waals surface area contributed by atoms with E-state index in [0.29, 0.717) is 23.9 Å². The van der Waals surface area contributed by atoms with Crippen LogP contribution in [0.4, 0.5) is 5.82 Å². The molecule has 2 N–H and O–H groups in total. The van der Waals surface area contributed by atoms with Crippen LogP contribution in [0, 0.1) is 0 Å². The molecule has 0 unspecified atom stereocenters. The summed E-state index contributed by atoms with van der Waals surface area (Å²) in [6, 6.07) is 8.75. The van der Waals surface area contributed by atoms with Crippen LogP contribution in [0.2, 0.25) is 0 Å². The Balaban J connectivity index is 2.43. The van der Waals surface area contributed by atoms with Gasteiger partial charge in [0.2, 0.25) is 0 Å². The average molecular weight is 261 g/mol. The molecule has 0 saturated carbocycles. The van der Waals surface area contributed by atoms with E-state index >= 15 is 0 Å². The summed E-state index contributed by atoms with van der Waals surface area (Å²) in [7, 11) is 1.56. The molecule has 0 bridgehead atoms. The molecule has 100 valence electrons. The topological polar surface area (TPSA) is 79.4 Å². The van der Waals surface area contributed by atoms with Crippen LogP contribution in [0.25, 0.3) is 5.69 Å².